The van der Waals surface area contributed by atoms with Crippen LogP contribution in [0.3, 0.4) is 0 Å². The molecule has 0 amide bonds. The first-order valence-corrected chi connectivity index (χ1v) is 15.9. The summed E-state index contributed by atoms with van der Waals surface area (Å²) in [6, 6.07) is 15.2. The number of nitrogen functional groups attached to an aromatic ring is 1. The van der Waals surface area contributed by atoms with Gasteiger partial charge in [-0.25, -0.2) is 17.5 Å². The fourth-order valence-corrected chi connectivity index (χ4v) is 7.60. The Morgan fingerprint density at radius 2 is 1.86 bits per heavy atom. The van der Waals surface area contributed by atoms with Gasteiger partial charge in [0, 0.05) is 25.2 Å². The molecule has 2 N–H and O–H groups in total. The second kappa shape index (κ2) is 11.4. The molecular formula is C33H32FN3O5S. The van der Waals surface area contributed by atoms with Crippen molar-refractivity contribution >= 4 is 27.5 Å². The van der Waals surface area contributed by atoms with E-state index in [-0.39, 0.29) is 33.9 Å². The maximum Gasteiger partial charge on any atom is 0.194 e. The maximum atomic E-state index is 14.0. The summed E-state index contributed by atoms with van der Waals surface area (Å²) in [6.07, 6.45) is 4.73. The number of Topliss-reactive ketones (excluding diaryl/α,β-unsaturated/α-hetero) is 1. The second-order valence-electron chi connectivity index (χ2n) is 11.1. The molecule has 2 aliphatic rings. The number of para-hydroxylation sites is 1. The summed E-state index contributed by atoms with van der Waals surface area (Å²) in [4.78, 5) is 13.6. The van der Waals surface area contributed by atoms with Gasteiger partial charge < -0.3 is 15.2 Å². The molecule has 3 aromatic carbocycles. The van der Waals surface area contributed by atoms with Crippen molar-refractivity contribution in [3.63, 3.8) is 0 Å². The molecule has 8 nitrogen and oxygen atoms in total. The molecule has 2 heterocycles. The number of benzene rings is 3. The zero-order valence-electron chi connectivity index (χ0n) is 24.0. The Balaban J connectivity index is 1.19. The predicted molar refractivity (Wildman–Crippen MR) is 163 cm³/mol. The van der Waals surface area contributed by atoms with Crippen LogP contribution in [0.4, 0.5) is 10.2 Å². The van der Waals surface area contributed by atoms with E-state index < -0.39 is 15.7 Å². The summed E-state index contributed by atoms with van der Waals surface area (Å²) >= 11 is 0. The van der Waals surface area contributed by atoms with Crippen molar-refractivity contribution in [2.24, 2.45) is 0 Å². The number of nitrogens with zero attached hydrogens (tertiary/aromatic N) is 2. The van der Waals surface area contributed by atoms with Gasteiger partial charge in [0.05, 0.1) is 28.5 Å². The van der Waals surface area contributed by atoms with Crippen LogP contribution in [-0.4, -0.2) is 42.4 Å². The highest BCUT2D eigenvalue weighted by Crippen LogP contribution is 2.33. The van der Waals surface area contributed by atoms with Gasteiger partial charge in [0.2, 0.25) is 0 Å². The lowest BCUT2D eigenvalue weighted by Gasteiger charge is -2.22. The third-order valence-electron chi connectivity index (χ3n) is 8.14. The monoisotopic (exact) mass is 601 g/mol. The average molecular weight is 602 g/mol. The van der Waals surface area contributed by atoms with Crippen LogP contribution >= 0.6 is 0 Å². The number of aromatic nitrogens is 2. The standard InChI is InChI=1S/C33H32FN3O5S/c1-20-13-22-15-24(16-23(22)17-25(20)19-43(39,40)27-9-11-41-12-10-27)32(38)28-18-36-37(33(28)35)30-8-7-26(14-21(30)2)42-31-6-4-3-5-29(31)34/h3-8,13-15,17-18,27H,9-12,16,19,35H2,1-2H3. The zero-order valence-corrected chi connectivity index (χ0v) is 24.8. The number of carbonyl (C=O) groups excluding carboxylic acids is 1. The molecular weight excluding hydrogens is 569 g/mol. The van der Waals surface area contributed by atoms with E-state index in [1.165, 1.54) is 16.9 Å². The predicted octanol–water partition coefficient (Wildman–Crippen LogP) is 5.92. The Morgan fingerprint density at radius 3 is 2.60 bits per heavy atom. The van der Waals surface area contributed by atoms with Gasteiger partial charge in [0.1, 0.15) is 11.6 Å². The summed E-state index contributed by atoms with van der Waals surface area (Å²) in [6.45, 7) is 4.69. The molecule has 0 spiro atoms. The minimum absolute atomic E-state index is 0.0246. The fourth-order valence-electron chi connectivity index (χ4n) is 5.71. The van der Waals surface area contributed by atoms with Gasteiger partial charge >= 0.3 is 0 Å². The van der Waals surface area contributed by atoms with Crippen LogP contribution in [0.1, 0.15) is 51.0 Å². The Bertz CT molecular complexity index is 1870. The number of aryl methyl sites for hydroxylation is 2. The highest BCUT2D eigenvalue weighted by molar-refractivity contribution is 7.91. The van der Waals surface area contributed by atoms with Gasteiger partial charge in [-0.05, 0) is 90.9 Å². The number of hydrogen-bond acceptors (Lipinski definition) is 7. The number of anilines is 1. The fraction of sp³-hybridized carbons (Fsp3) is 0.273. The van der Waals surface area contributed by atoms with Crippen LogP contribution in [0.2, 0.25) is 0 Å². The number of ketones is 1. The lowest BCUT2D eigenvalue weighted by Crippen LogP contribution is -2.30. The van der Waals surface area contributed by atoms with E-state index in [9.17, 15) is 17.6 Å². The van der Waals surface area contributed by atoms with Crippen molar-refractivity contribution in [1.29, 1.82) is 0 Å². The largest absolute Gasteiger partial charge is 0.454 e. The SMILES string of the molecule is Cc1cc2c(cc1CS(=O)(=O)C1CCOCC1)CC(C(=O)c1cnn(-c3ccc(Oc4ccccc4F)cc3C)c1N)=C2. The number of carbonyl (C=O) groups is 1. The second-order valence-corrected chi connectivity index (χ2v) is 13.4. The van der Waals surface area contributed by atoms with Gasteiger partial charge in [-0.15, -0.1) is 0 Å². The van der Waals surface area contributed by atoms with Crippen LogP contribution in [0, 0.1) is 19.7 Å². The number of rotatable bonds is 8. The van der Waals surface area contributed by atoms with E-state index >= 15 is 0 Å². The van der Waals surface area contributed by atoms with E-state index in [4.69, 9.17) is 15.2 Å². The normalized spacial score (nSPS) is 15.3. The summed E-state index contributed by atoms with van der Waals surface area (Å²) in [7, 11) is -3.32. The van der Waals surface area contributed by atoms with Crippen LogP contribution in [0.5, 0.6) is 11.5 Å². The Kier molecular flexibility index (Phi) is 7.66. The molecule has 4 aromatic rings. The summed E-state index contributed by atoms with van der Waals surface area (Å²) < 4.78 is 52.7. The van der Waals surface area contributed by atoms with Gasteiger partial charge in [-0.1, -0.05) is 24.3 Å². The lowest BCUT2D eigenvalue weighted by atomic mass is 10.0. The number of sulfone groups is 1. The molecule has 1 aliphatic carbocycles. The Morgan fingerprint density at radius 1 is 1.09 bits per heavy atom. The summed E-state index contributed by atoms with van der Waals surface area (Å²) in [5, 5.41) is 4.01. The van der Waals surface area contributed by atoms with Crippen molar-refractivity contribution in [2.75, 3.05) is 18.9 Å². The van der Waals surface area contributed by atoms with Crippen molar-refractivity contribution in [3.8, 4) is 17.2 Å². The molecule has 0 bridgehead atoms. The average Bonchev–Trinajstić information content (AvgIpc) is 3.57. The molecule has 43 heavy (non-hydrogen) atoms. The highest BCUT2D eigenvalue weighted by atomic mass is 32.2. The molecule has 1 saturated heterocycles. The summed E-state index contributed by atoms with van der Waals surface area (Å²) in [5.41, 5.74) is 12.2. The van der Waals surface area contributed by atoms with Gasteiger partial charge in [0.25, 0.3) is 0 Å². The molecule has 0 unspecified atom stereocenters. The van der Waals surface area contributed by atoms with Crippen molar-refractivity contribution in [1.82, 2.24) is 9.78 Å². The first kappa shape index (κ1) is 28.8. The third-order valence-corrected chi connectivity index (χ3v) is 10.3. The molecule has 0 saturated carbocycles. The van der Waals surface area contributed by atoms with E-state index in [1.807, 2.05) is 32.1 Å². The Hall–Kier alpha value is -4.28. The maximum absolute atomic E-state index is 14.0. The molecule has 1 aliphatic heterocycles. The van der Waals surface area contributed by atoms with Gasteiger partial charge in [0.15, 0.2) is 27.2 Å². The van der Waals surface area contributed by atoms with Crippen LogP contribution in [-0.2, 0) is 26.7 Å². The van der Waals surface area contributed by atoms with E-state index in [0.29, 0.717) is 49.5 Å². The minimum atomic E-state index is -3.32. The molecule has 0 radical (unpaired) electrons. The molecule has 1 fully saturated rings. The number of hydrogen-bond donors (Lipinski definition) is 1. The molecule has 6 rings (SSSR count). The van der Waals surface area contributed by atoms with Crippen molar-refractivity contribution < 1.29 is 27.1 Å². The van der Waals surface area contributed by atoms with Crippen molar-refractivity contribution in [2.45, 2.75) is 44.1 Å². The number of ether oxygens (including phenoxy) is 2. The first-order valence-electron chi connectivity index (χ1n) is 14.1. The number of halogens is 1. The third kappa shape index (κ3) is 5.72. The Labute approximate surface area is 249 Å². The number of allylic oxidation sites excluding steroid dienone is 1. The molecule has 222 valence electrons. The number of nitrogens with two attached hydrogens (primary N) is 1. The van der Waals surface area contributed by atoms with Crippen molar-refractivity contribution in [3.05, 3.63) is 106 Å². The van der Waals surface area contributed by atoms with Crippen LogP contribution in [0.15, 0.2) is 66.4 Å². The molecule has 1 aromatic heterocycles. The van der Waals surface area contributed by atoms with E-state index in [2.05, 4.69) is 5.10 Å². The van der Waals surface area contributed by atoms with Crippen LogP contribution < -0.4 is 10.5 Å². The topological polar surface area (TPSA) is 114 Å². The molecule has 0 atom stereocenters. The van der Waals surface area contributed by atoms with E-state index in [0.717, 1.165) is 27.8 Å². The van der Waals surface area contributed by atoms with Gasteiger partial charge in [-0.3, -0.25) is 4.79 Å². The molecule has 10 heteroatoms. The van der Waals surface area contributed by atoms with Gasteiger partial charge in [-0.2, -0.15) is 5.10 Å². The summed E-state index contributed by atoms with van der Waals surface area (Å²) in [5.74, 6) is 0.0629. The van der Waals surface area contributed by atoms with E-state index in [1.54, 1.807) is 36.4 Å². The smallest absolute Gasteiger partial charge is 0.194 e. The first-order chi connectivity index (χ1) is 20.6. The lowest BCUT2D eigenvalue weighted by molar-refractivity contribution is 0.0983. The minimum Gasteiger partial charge on any atom is -0.454 e. The van der Waals surface area contributed by atoms with Crippen LogP contribution in [0.25, 0.3) is 11.8 Å². The quantitative estimate of drug-likeness (QED) is 0.250. The zero-order chi connectivity index (χ0) is 30.3. The highest BCUT2D eigenvalue weighted by Gasteiger charge is 2.30. The number of fused-ring (bicyclic) bond motifs is 1.